The summed E-state index contributed by atoms with van der Waals surface area (Å²) in [5, 5.41) is 10.8. The molecule has 0 bridgehead atoms. The van der Waals surface area contributed by atoms with Crippen LogP contribution in [0, 0.1) is 5.92 Å². The van der Waals surface area contributed by atoms with E-state index in [1.807, 2.05) is 51.1 Å². The summed E-state index contributed by atoms with van der Waals surface area (Å²) in [4.78, 5) is 24.4. The van der Waals surface area contributed by atoms with Crippen molar-refractivity contribution in [1.82, 2.24) is 25.0 Å². The Morgan fingerprint density at radius 2 is 1.83 bits per heavy atom. The molecule has 1 atom stereocenters. The number of aromatic nitrogens is 3. The molecule has 8 heteroatoms. The Balaban J connectivity index is 2.00. The van der Waals surface area contributed by atoms with E-state index in [2.05, 4.69) is 29.6 Å². The molecular weight excluding hydrogens is 382 g/mol. The maximum atomic E-state index is 12.7. The average Bonchev–Trinajstić information content (AvgIpc) is 2.92. The van der Waals surface area contributed by atoms with Crippen molar-refractivity contribution in [1.29, 1.82) is 0 Å². The maximum absolute atomic E-state index is 12.7. The van der Waals surface area contributed by atoms with Crippen LogP contribution in [-0.2, 0) is 18.3 Å². The van der Waals surface area contributed by atoms with Crippen LogP contribution in [0.4, 0.5) is 4.79 Å². The Morgan fingerprint density at radius 3 is 2.43 bits per heavy atom. The van der Waals surface area contributed by atoms with E-state index in [9.17, 15) is 9.59 Å². The molecule has 2 rings (SSSR count). The number of carbonyl (C=O) groups excluding carboxylic acids is 1. The highest BCUT2D eigenvalue weighted by Gasteiger charge is 2.24. The van der Waals surface area contributed by atoms with Crippen molar-refractivity contribution in [2.75, 3.05) is 13.1 Å². The van der Waals surface area contributed by atoms with Gasteiger partial charge in [-0.1, -0.05) is 44.2 Å². The van der Waals surface area contributed by atoms with Crippen molar-refractivity contribution in [2.45, 2.75) is 59.2 Å². The molecule has 166 valence electrons. The molecule has 0 aliphatic carbocycles. The minimum Gasteiger partial charge on any atom is -0.444 e. The number of alkyl carbamates (subject to hydrolysis) is 1. The second-order valence-corrected chi connectivity index (χ2v) is 8.79. The van der Waals surface area contributed by atoms with Crippen LogP contribution in [0.3, 0.4) is 0 Å². The van der Waals surface area contributed by atoms with Gasteiger partial charge in [-0.3, -0.25) is 4.57 Å². The minimum absolute atomic E-state index is 0.0795. The molecule has 8 nitrogen and oxygen atoms in total. The lowest BCUT2D eigenvalue weighted by molar-refractivity contribution is 0.0527. The molecule has 1 aromatic heterocycles. The lowest BCUT2D eigenvalue weighted by atomic mass is 10.0. The highest BCUT2D eigenvalue weighted by Crippen LogP contribution is 2.19. The van der Waals surface area contributed by atoms with E-state index in [1.54, 1.807) is 11.6 Å². The van der Waals surface area contributed by atoms with Crippen molar-refractivity contribution in [3.8, 4) is 0 Å². The molecule has 0 saturated carbocycles. The number of nitrogens with zero attached hydrogens (tertiary/aromatic N) is 3. The summed E-state index contributed by atoms with van der Waals surface area (Å²) in [5.41, 5.74) is 0.415. The quantitative estimate of drug-likeness (QED) is 0.613. The topological polar surface area (TPSA) is 90.2 Å². The minimum atomic E-state index is -0.507. The number of amides is 1. The van der Waals surface area contributed by atoms with E-state index in [0.717, 1.165) is 17.8 Å². The fraction of sp³-hybridized carbons (Fsp3) is 0.591. The molecule has 1 unspecified atom stereocenters. The number of carbonyl (C=O) groups is 1. The Morgan fingerprint density at radius 1 is 1.17 bits per heavy atom. The zero-order valence-electron chi connectivity index (χ0n) is 18.9. The van der Waals surface area contributed by atoms with Gasteiger partial charge in [0.2, 0.25) is 0 Å². The van der Waals surface area contributed by atoms with Gasteiger partial charge in [-0.05, 0) is 45.2 Å². The Bertz CT molecular complexity index is 865. The van der Waals surface area contributed by atoms with Crippen molar-refractivity contribution in [3.05, 3.63) is 52.2 Å². The number of rotatable bonds is 9. The first kappa shape index (κ1) is 23.7. The molecule has 1 amide bonds. The van der Waals surface area contributed by atoms with E-state index < -0.39 is 11.7 Å². The van der Waals surface area contributed by atoms with Crippen LogP contribution < -0.4 is 16.3 Å². The van der Waals surface area contributed by atoms with Crippen molar-refractivity contribution in [3.63, 3.8) is 0 Å². The predicted octanol–water partition coefficient (Wildman–Crippen LogP) is 2.83. The van der Waals surface area contributed by atoms with Gasteiger partial charge in [0.1, 0.15) is 5.60 Å². The maximum Gasteiger partial charge on any atom is 0.407 e. The van der Waals surface area contributed by atoms with Gasteiger partial charge in [0.05, 0.1) is 12.6 Å². The molecule has 2 aromatic rings. The van der Waals surface area contributed by atoms with Crippen molar-refractivity contribution in [2.24, 2.45) is 13.0 Å². The van der Waals surface area contributed by atoms with E-state index in [1.165, 1.54) is 4.68 Å². The van der Waals surface area contributed by atoms with Crippen LogP contribution in [-0.4, -0.2) is 39.1 Å². The van der Waals surface area contributed by atoms with Gasteiger partial charge in [-0.15, -0.1) is 0 Å². The fourth-order valence-corrected chi connectivity index (χ4v) is 3.14. The van der Waals surface area contributed by atoms with Gasteiger partial charge >= 0.3 is 11.8 Å². The highest BCUT2D eigenvalue weighted by molar-refractivity contribution is 5.67. The first-order valence-electron chi connectivity index (χ1n) is 10.5. The van der Waals surface area contributed by atoms with Gasteiger partial charge in [0, 0.05) is 13.6 Å². The summed E-state index contributed by atoms with van der Waals surface area (Å²) in [6.07, 6.45) is 0.322. The molecule has 0 radical (unpaired) electrons. The lowest BCUT2D eigenvalue weighted by Crippen LogP contribution is -2.35. The molecule has 0 fully saturated rings. The Hall–Kier alpha value is -2.61. The fourth-order valence-electron chi connectivity index (χ4n) is 3.14. The van der Waals surface area contributed by atoms with Gasteiger partial charge in [-0.25, -0.2) is 14.3 Å². The number of benzene rings is 1. The predicted molar refractivity (Wildman–Crippen MR) is 117 cm³/mol. The molecule has 0 saturated heterocycles. The normalized spacial score (nSPS) is 12.8. The average molecular weight is 418 g/mol. The molecule has 0 aliphatic rings. The number of hydrogen-bond donors (Lipinski definition) is 2. The van der Waals surface area contributed by atoms with Crippen LogP contribution in [0.25, 0.3) is 0 Å². The van der Waals surface area contributed by atoms with Gasteiger partial charge in [0.25, 0.3) is 0 Å². The number of ether oxygens (including phenoxy) is 1. The summed E-state index contributed by atoms with van der Waals surface area (Å²) in [6, 6.07) is 9.81. The highest BCUT2D eigenvalue weighted by atomic mass is 16.6. The zero-order chi connectivity index (χ0) is 22.3. The van der Waals surface area contributed by atoms with Crippen molar-refractivity contribution < 1.29 is 9.53 Å². The number of hydrogen-bond acceptors (Lipinski definition) is 5. The summed E-state index contributed by atoms with van der Waals surface area (Å²) >= 11 is 0. The molecule has 0 spiro atoms. The van der Waals surface area contributed by atoms with Gasteiger partial charge in [0.15, 0.2) is 5.82 Å². The largest absolute Gasteiger partial charge is 0.444 e. The molecule has 0 aliphatic heterocycles. The van der Waals surface area contributed by atoms with E-state index in [0.29, 0.717) is 19.6 Å². The second kappa shape index (κ2) is 10.4. The Kier molecular flexibility index (Phi) is 8.23. The third kappa shape index (κ3) is 7.02. The molecule has 1 heterocycles. The smallest absolute Gasteiger partial charge is 0.407 e. The SMILES string of the molecule is CC(C)C(NCCCNC(=O)OC(C)(C)C)c1nn(C)c(=O)n1Cc1ccccc1. The zero-order valence-corrected chi connectivity index (χ0v) is 18.9. The van der Waals surface area contributed by atoms with E-state index in [4.69, 9.17) is 4.74 Å². The summed E-state index contributed by atoms with van der Waals surface area (Å²) < 4.78 is 8.36. The Labute approximate surface area is 178 Å². The van der Waals surface area contributed by atoms with Crippen LogP contribution in [0.15, 0.2) is 35.1 Å². The van der Waals surface area contributed by atoms with Gasteiger partial charge < -0.3 is 15.4 Å². The molecule has 30 heavy (non-hydrogen) atoms. The van der Waals surface area contributed by atoms with Gasteiger partial charge in [-0.2, -0.15) is 5.10 Å². The molecular formula is C22H35N5O3. The monoisotopic (exact) mass is 417 g/mol. The van der Waals surface area contributed by atoms with Crippen LogP contribution >= 0.6 is 0 Å². The third-order valence-corrected chi connectivity index (χ3v) is 4.55. The first-order valence-corrected chi connectivity index (χ1v) is 10.5. The summed E-state index contributed by atoms with van der Waals surface area (Å²) in [7, 11) is 1.68. The lowest BCUT2D eigenvalue weighted by Gasteiger charge is -2.23. The summed E-state index contributed by atoms with van der Waals surface area (Å²) in [6.45, 7) is 11.4. The summed E-state index contributed by atoms with van der Waals surface area (Å²) in [5.74, 6) is 0.960. The number of nitrogens with one attached hydrogen (secondary N) is 2. The first-order chi connectivity index (χ1) is 14.1. The van der Waals surface area contributed by atoms with Crippen LogP contribution in [0.2, 0.25) is 0 Å². The van der Waals surface area contributed by atoms with E-state index in [-0.39, 0.29) is 17.6 Å². The van der Waals surface area contributed by atoms with E-state index >= 15 is 0 Å². The number of aryl methyl sites for hydroxylation is 1. The molecule has 2 N–H and O–H groups in total. The third-order valence-electron chi connectivity index (χ3n) is 4.55. The van der Waals surface area contributed by atoms with Crippen LogP contribution in [0.5, 0.6) is 0 Å². The second-order valence-electron chi connectivity index (χ2n) is 8.79. The van der Waals surface area contributed by atoms with Crippen molar-refractivity contribution >= 4 is 6.09 Å². The van der Waals surface area contributed by atoms with Crippen LogP contribution in [0.1, 0.15) is 58.5 Å². The molecule has 1 aromatic carbocycles. The standard InChI is InChI=1S/C22H35N5O3/c1-16(2)18(23-13-10-14-24-20(28)30-22(3,4)5)19-25-26(6)21(29)27(19)15-17-11-8-7-9-12-17/h7-9,11-12,16,18,23H,10,13-15H2,1-6H3,(H,24,28).